The van der Waals surface area contributed by atoms with Crippen LogP contribution in [0.1, 0.15) is 46.7 Å². The number of aromatic amines is 2. The molecule has 2 aromatic carbocycles. The first-order valence-corrected chi connectivity index (χ1v) is 11.0. The largest absolute Gasteiger partial charge is 0.364 e. The Morgan fingerprint density at radius 1 is 0.706 bits per heavy atom. The summed E-state index contributed by atoms with van der Waals surface area (Å²) < 4.78 is 2.52. The molecular weight excluding hydrogens is 432 g/mol. The monoisotopic (exact) mass is 458 g/mol. The molecule has 10 heteroatoms. The van der Waals surface area contributed by atoms with Gasteiger partial charge in [0.25, 0.3) is 0 Å². The summed E-state index contributed by atoms with van der Waals surface area (Å²) in [5.74, 6) is 1.06. The summed E-state index contributed by atoms with van der Waals surface area (Å²) in [5.41, 5.74) is 3.64. The van der Waals surface area contributed by atoms with Gasteiger partial charge < -0.3 is 0 Å². The average molecular weight is 459 g/mol. The maximum atomic E-state index is 12.1. The van der Waals surface area contributed by atoms with Crippen LogP contribution < -0.4 is 11.4 Å². The second kappa shape index (κ2) is 10.5. The molecule has 2 aromatic heterocycles. The van der Waals surface area contributed by atoms with Gasteiger partial charge in [0.1, 0.15) is 0 Å². The van der Waals surface area contributed by atoms with Crippen LogP contribution in [0.25, 0.3) is 0 Å². The smallest absolute Gasteiger partial charge is 0.244 e. The van der Waals surface area contributed by atoms with Gasteiger partial charge in [0.2, 0.25) is 0 Å². The lowest BCUT2D eigenvalue weighted by Gasteiger charge is -2.02. The number of unbranched alkanes of at least 4 members (excludes halogenated alkanes) is 1. The molecule has 0 aliphatic heterocycles. The minimum Gasteiger partial charge on any atom is -0.244 e. The lowest BCUT2D eigenvalue weighted by atomic mass is 10.1. The number of aryl methyl sites for hydroxylation is 2. The van der Waals surface area contributed by atoms with Crippen molar-refractivity contribution >= 4 is 12.4 Å². The normalized spacial score (nSPS) is 11.7. The van der Waals surface area contributed by atoms with Gasteiger partial charge in [-0.1, -0.05) is 59.7 Å². The van der Waals surface area contributed by atoms with Gasteiger partial charge in [0.05, 0.1) is 0 Å². The zero-order valence-electron chi connectivity index (χ0n) is 19.1. The number of nitrogens with one attached hydrogen (secondary N) is 2. The average Bonchev–Trinajstić information content (AvgIpc) is 3.35. The standard InChI is InChI=1S/C24H26N8O2/c1-17-5-9-19(10-6-17)15-21-27-29-23(33)31(21)25-13-3-4-14-26-32-22(28-30-24(32)34)16-20-11-7-18(2)8-12-20/h5-14H,3-4,15-16H2,1-2H3,(H,29,33)(H,30,34)/b25-13-,26-14-. The summed E-state index contributed by atoms with van der Waals surface area (Å²) in [6, 6.07) is 16.1. The van der Waals surface area contributed by atoms with E-state index in [1.807, 2.05) is 62.4 Å². The molecule has 4 aromatic rings. The van der Waals surface area contributed by atoms with Crippen LogP contribution in [-0.4, -0.2) is 42.2 Å². The van der Waals surface area contributed by atoms with Crippen LogP contribution in [0.2, 0.25) is 0 Å². The minimum absolute atomic E-state index is 0.391. The Hall–Kier alpha value is -4.34. The lowest BCUT2D eigenvalue weighted by Crippen LogP contribution is -2.15. The molecule has 0 amide bonds. The molecule has 0 spiro atoms. The lowest BCUT2D eigenvalue weighted by molar-refractivity contribution is 0.767. The predicted molar refractivity (Wildman–Crippen MR) is 131 cm³/mol. The highest BCUT2D eigenvalue weighted by atomic mass is 16.2. The predicted octanol–water partition coefficient (Wildman–Crippen LogP) is 2.40. The van der Waals surface area contributed by atoms with Crippen molar-refractivity contribution in [1.82, 2.24) is 29.7 Å². The third-order valence-corrected chi connectivity index (χ3v) is 5.22. The molecule has 0 atom stereocenters. The number of benzene rings is 2. The quantitative estimate of drug-likeness (QED) is 0.295. The zero-order chi connectivity index (χ0) is 23.9. The summed E-state index contributed by atoms with van der Waals surface area (Å²) in [6.45, 7) is 4.05. The van der Waals surface area contributed by atoms with E-state index in [1.165, 1.54) is 20.5 Å². The molecule has 4 rings (SSSR count). The van der Waals surface area contributed by atoms with E-state index >= 15 is 0 Å². The molecule has 0 unspecified atom stereocenters. The Labute approximate surface area is 195 Å². The number of hydrogen-bond acceptors (Lipinski definition) is 6. The molecule has 2 heterocycles. The van der Waals surface area contributed by atoms with Crippen LogP contribution >= 0.6 is 0 Å². The van der Waals surface area contributed by atoms with E-state index in [0.29, 0.717) is 37.3 Å². The fourth-order valence-corrected chi connectivity index (χ4v) is 3.32. The Morgan fingerprint density at radius 3 is 1.47 bits per heavy atom. The van der Waals surface area contributed by atoms with Gasteiger partial charge in [-0.3, -0.25) is 0 Å². The van der Waals surface area contributed by atoms with E-state index in [9.17, 15) is 9.59 Å². The van der Waals surface area contributed by atoms with Crippen molar-refractivity contribution in [2.45, 2.75) is 39.5 Å². The van der Waals surface area contributed by atoms with Crippen LogP contribution in [-0.2, 0) is 12.8 Å². The number of nitrogens with zero attached hydrogens (tertiary/aromatic N) is 6. The molecule has 0 radical (unpaired) electrons. The van der Waals surface area contributed by atoms with Crippen LogP contribution in [0.15, 0.2) is 68.3 Å². The number of aromatic nitrogens is 6. The van der Waals surface area contributed by atoms with E-state index in [4.69, 9.17) is 0 Å². The molecule has 0 aliphatic rings. The number of H-pyrrole nitrogens is 2. The Bertz CT molecular complexity index is 1290. The highest BCUT2D eigenvalue weighted by Crippen LogP contribution is 2.09. The topological polar surface area (TPSA) is 126 Å². The molecule has 174 valence electrons. The van der Waals surface area contributed by atoms with Crippen molar-refractivity contribution in [1.29, 1.82) is 0 Å². The van der Waals surface area contributed by atoms with Gasteiger partial charge in [-0.05, 0) is 37.8 Å². The molecule has 2 N–H and O–H groups in total. The third-order valence-electron chi connectivity index (χ3n) is 5.22. The maximum Gasteiger partial charge on any atom is 0.364 e. The van der Waals surface area contributed by atoms with E-state index in [2.05, 4.69) is 30.6 Å². The van der Waals surface area contributed by atoms with Crippen LogP contribution in [0, 0.1) is 13.8 Å². The van der Waals surface area contributed by atoms with Crippen molar-refractivity contribution in [3.8, 4) is 0 Å². The summed E-state index contributed by atoms with van der Waals surface area (Å²) in [6.07, 6.45) is 5.31. The second-order valence-electron chi connectivity index (χ2n) is 8.01. The first-order valence-electron chi connectivity index (χ1n) is 11.0. The molecule has 0 saturated heterocycles. The summed E-state index contributed by atoms with van der Waals surface area (Å²) >= 11 is 0. The molecule has 0 aliphatic carbocycles. The highest BCUT2D eigenvalue weighted by molar-refractivity contribution is 5.65. The fraction of sp³-hybridized carbons (Fsp3) is 0.250. The van der Waals surface area contributed by atoms with E-state index in [0.717, 1.165) is 11.1 Å². The minimum atomic E-state index is -0.391. The molecular formula is C24H26N8O2. The number of hydrogen-bond donors (Lipinski definition) is 2. The Morgan fingerprint density at radius 2 is 1.09 bits per heavy atom. The van der Waals surface area contributed by atoms with Crippen molar-refractivity contribution in [2.24, 2.45) is 10.2 Å². The van der Waals surface area contributed by atoms with Gasteiger partial charge >= 0.3 is 11.4 Å². The van der Waals surface area contributed by atoms with Crippen LogP contribution in [0.3, 0.4) is 0 Å². The van der Waals surface area contributed by atoms with E-state index < -0.39 is 11.4 Å². The van der Waals surface area contributed by atoms with E-state index in [1.54, 1.807) is 12.4 Å². The summed E-state index contributed by atoms with van der Waals surface area (Å²) in [4.78, 5) is 24.1. The number of rotatable bonds is 9. The molecule has 34 heavy (non-hydrogen) atoms. The van der Waals surface area contributed by atoms with Crippen molar-refractivity contribution in [2.75, 3.05) is 0 Å². The SMILES string of the molecule is Cc1ccc(Cc2n[nH]c(=O)n2/N=C\CC/C=N\n2c(Cc3ccc(C)cc3)n[nH]c2=O)cc1. The second-order valence-corrected chi connectivity index (χ2v) is 8.01. The van der Waals surface area contributed by atoms with Gasteiger partial charge in [-0.2, -0.15) is 29.8 Å². The van der Waals surface area contributed by atoms with E-state index in [-0.39, 0.29) is 0 Å². The zero-order valence-corrected chi connectivity index (χ0v) is 19.1. The highest BCUT2D eigenvalue weighted by Gasteiger charge is 2.09. The van der Waals surface area contributed by atoms with Gasteiger partial charge in [-0.25, -0.2) is 19.8 Å². The van der Waals surface area contributed by atoms with Crippen molar-refractivity contribution in [3.05, 3.63) is 103 Å². The first-order chi connectivity index (χ1) is 16.5. The van der Waals surface area contributed by atoms with Crippen LogP contribution in [0.5, 0.6) is 0 Å². The van der Waals surface area contributed by atoms with Crippen molar-refractivity contribution < 1.29 is 0 Å². The molecule has 10 nitrogen and oxygen atoms in total. The van der Waals surface area contributed by atoms with Gasteiger partial charge in [0.15, 0.2) is 11.6 Å². The fourth-order valence-electron chi connectivity index (χ4n) is 3.32. The Balaban J connectivity index is 1.35. The molecule has 0 fully saturated rings. The molecule has 0 bridgehead atoms. The maximum absolute atomic E-state index is 12.1. The van der Waals surface area contributed by atoms with Crippen molar-refractivity contribution in [3.63, 3.8) is 0 Å². The van der Waals surface area contributed by atoms with Gasteiger partial charge in [-0.15, -0.1) is 0 Å². The first kappa shape index (κ1) is 22.8. The summed E-state index contributed by atoms with van der Waals surface area (Å²) in [5, 5.41) is 21.5. The third kappa shape index (κ3) is 5.71. The Kier molecular flexibility index (Phi) is 7.07. The van der Waals surface area contributed by atoms with Crippen LogP contribution in [0.4, 0.5) is 0 Å². The van der Waals surface area contributed by atoms with Gasteiger partial charge in [0, 0.05) is 25.3 Å². The summed E-state index contributed by atoms with van der Waals surface area (Å²) in [7, 11) is 0. The molecule has 0 saturated carbocycles.